The van der Waals surface area contributed by atoms with Crippen molar-refractivity contribution in [2.75, 3.05) is 0 Å². The van der Waals surface area contributed by atoms with Crippen LogP contribution in [-0.2, 0) is 4.79 Å². The van der Waals surface area contributed by atoms with Crippen molar-refractivity contribution in [1.82, 2.24) is 0 Å². The summed E-state index contributed by atoms with van der Waals surface area (Å²) >= 11 is 0. The van der Waals surface area contributed by atoms with Crippen molar-refractivity contribution in [2.24, 2.45) is 0 Å². The Hall–Kier alpha value is -0.510. The average molecular weight is 188 g/mol. The van der Waals surface area contributed by atoms with Crippen molar-refractivity contribution >= 4 is 5.97 Å². The van der Waals surface area contributed by atoms with Crippen molar-refractivity contribution in [2.45, 2.75) is 12.8 Å². The molecule has 0 aliphatic carbocycles. The van der Waals surface area contributed by atoms with Gasteiger partial charge in [-0.15, -0.1) is 5.75 Å². The molecule has 3 nitrogen and oxygen atoms in total. The molecular weight excluding hydrogens is 179 g/mol. The fourth-order valence-electron chi connectivity index (χ4n) is 0.926. The minimum absolute atomic E-state index is 0. The first-order valence-electron chi connectivity index (χ1n) is 3.61. The van der Waals surface area contributed by atoms with Crippen LogP contribution in [0.4, 0.5) is 0 Å². The van der Waals surface area contributed by atoms with Crippen LogP contribution < -0.4 is 34.7 Å². The number of carbonyl (C=O) groups is 1. The van der Waals surface area contributed by atoms with Crippen LogP contribution in [0, 0.1) is 0 Å². The molecule has 0 amide bonds. The zero-order valence-electron chi connectivity index (χ0n) is 7.65. The second kappa shape index (κ2) is 5.27. The van der Waals surface area contributed by atoms with Crippen LogP contribution in [0.3, 0.4) is 0 Å². The van der Waals surface area contributed by atoms with Crippen molar-refractivity contribution in [3.8, 4) is 5.75 Å². The van der Waals surface area contributed by atoms with Gasteiger partial charge in [0.1, 0.15) is 0 Å². The molecular formula is C9H9NaO3. The van der Waals surface area contributed by atoms with Crippen molar-refractivity contribution in [1.29, 1.82) is 0 Å². The molecule has 4 heteroatoms. The maximum absolute atomic E-state index is 10.8. The summed E-state index contributed by atoms with van der Waals surface area (Å²) in [6.45, 7) is 1.55. The summed E-state index contributed by atoms with van der Waals surface area (Å²) in [6, 6.07) is 5.95. The van der Waals surface area contributed by atoms with E-state index >= 15 is 0 Å². The SMILES string of the molecule is C[C@@H](C(=O)O)c1cccc([O-])c1.[Na+]. The predicted molar refractivity (Wildman–Crippen MR) is 41.9 cm³/mol. The smallest absolute Gasteiger partial charge is 0.872 e. The molecule has 64 valence electrons. The number of rotatable bonds is 2. The third-order valence-corrected chi connectivity index (χ3v) is 1.73. The van der Waals surface area contributed by atoms with Gasteiger partial charge in [-0.2, -0.15) is 0 Å². The van der Waals surface area contributed by atoms with Gasteiger partial charge in [-0.25, -0.2) is 0 Å². The first-order valence-corrected chi connectivity index (χ1v) is 3.61. The van der Waals surface area contributed by atoms with E-state index in [0.717, 1.165) is 0 Å². The maximum Gasteiger partial charge on any atom is 1.00 e. The molecule has 0 fully saturated rings. The van der Waals surface area contributed by atoms with Gasteiger partial charge in [-0.1, -0.05) is 24.3 Å². The third kappa shape index (κ3) is 3.38. The number of hydrogen-bond acceptors (Lipinski definition) is 2. The molecule has 1 N–H and O–H groups in total. The first kappa shape index (κ1) is 12.5. The molecule has 0 saturated heterocycles. The molecule has 0 aromatic heterocycles. The van der Waals surface area contributed by atoms with Crippen LogP contribution in [0.2, 0.25) is 0 Å². The van der Waals surface area contributed by atoms with E-state index in [0.29, 0.717) is 5.56 Å². The number of carboxylic acids is 1. The van der Waals surface area contributed by atoms with Crippen molar-refractivity contribution in [3.05, 3.63) is 29.8 Å². The molecule has 0 aliphatic heterocycles. The van der Waals surface area contributed by atoms with E-state index in [2.05, 4.69) is 0 Å². The third-order valence-electron chi connectivity index (χ3n) is 1.73. The molecule has 0 spiro atoms. The second-order valence-electron chi connectivity index (χ2n) is 2.63. The van der Waals surface area contributed by atoms with Gasteiger partial charge in [-0.05, 0) is 12.5 Å². The summed E-state index contributed by atoms with van der Waals surface area (Å²) in [4.78, 5) is 10.5. The molecule has 1 aromatic rings. The standard InChI is InChI=1S/C9H10O3.Na/c1-6(9(11)12)7-3-2-4-8(10)5-7;/h2-6,10H,1H3,(H,11,12);/q;+1/p-1/t6-;/m1./s1. The Morgan fingerprint density at radius 3 is 2.62 bits per heavy atom. The van der Waals surface area contributed by atoms with E-state index < -0.39 is 11.9 Å². The quantitative estimate of drug-likeness (QED) is 0.543. The van der Waals surface area contributed by atoms with Gasteiger partial charge >= 0.3 is 35.5 Å². The zero-order chi connectivity index (χ0) is 9.14. The minimum atomic E-state index is -0.916. The molecule has 0 saturated carbocycles. The minimum Gasteiger partial charge on any atom is -0.872 e. The summed E-state index contributed by atoms with van der Waals surface area (Å²) in [5, 5.41) is 19.4. The van der Waals surface area contributed by atoms with Crippen LogP contribution >= 0.6 is 0 Å². The second-order valence-corrected chi connectivity index (χ2v) is 2.63. The Balaban J connectivity index is 0.00000144. The molecule has 0 unspecified atom stereocenters. The van der Waals surface area contributed by atoms with Gasteiger partial charge in [0.15, 0.2) is 0 Å². The summed E-state index contributed by atoms with van der Waals surface area (Å²) < 4.78 is 0. The van der Waals surface area contributed by atoms with Crippen molar-refractivity contribution in [3.63, 3.8) is 0 Å². The van der Waals surface area contributed by atoms with E-state index in [1.807, 2.05) is 0 Å². The van der Waals surface area contributed by atoms with E-state index in [1.54, 1.807) is 19.1 Å². The van der Waals surface area contributed by atoms with Gasteiger partial charge in [0.05, 0.1) is 5.92 Å². The Bertz CT molecular complexity index is 299. The number of hydrogen-bond donors (Lipinski definition) is 1. The monoisotopic (exact) mass is 188 g/mol. The van der Waals surface area contributed by atoms with Gasteiger partial charge in [0.25, 0.3) is 0 Å². The molecule has 0 radical (unpaired) electrons. The largest absolute Gasteiger partial charge is 1.00 e. The van der Waals surface area contributed by atoms with E-state index in [1.165, 1.54) is 12.1 Å². The Kier molecular flexibility index (Phi) is 5.06. The molecule has 0 aliphatic rings. The van der Waals surface area contributed by atoms with E-state index in [4.69, 9.17) is 5.11 Å². The Morgan fingerprint density at radius 1 is 1.54 bits per heavy atom. The molecule has 0 heterocycles. The van der Waals surface area contributed by atoms with Crippen LogP contribution in [-0.4, -0.2) is 11.1 Å². The number of carboxylic acid groups (broad SMARTS) is 1. The fourth-order valence-corrected chi connectivity index (χ4v) is 0.926. The maximum atomic E-state index is 10.8. The van der Waals surface area contributed by atoms with Gasteiger partial charge in [0.2, 0.25) is 0 Å². The summed E-state index contributed by atoms with van der Waals surface area (Å²) in [5.74, 6) is -1.68. The fraction of sp³-hybridized carbons (Fsp3) is 0.222. The van der Waals surface area contributed by atoms with Crippen LogP contribution in [0.25, 0.3) is 0 Å². The molecule has 1 rings (SSSR count). The normalized spacial score (nSPS) is 11.5. The van der Waals surface area contributed by atoms with Crippen LogP contribution in [0.1, 0.15) is 18.4 Å². The molecule has 1 aromatic carbocycles. The van der Waals surface area contributed by atoms with E-state index in [9.17, 15) is 9.90 Å². The average Bonchev–Trinajstić information content (AvgIpc) is 2.03. The van der Waals surface area contributed by atoms with Crippen LogP contribution in [0.15, 0.2) is 24.3 Å². The summed E-state index contributed by atoms with van der Waals surface area (Å²) in [6.07, 6.45) is 0. The van der Waals surface area contributed by atoms with Gasteiger partial charge < -0.3 is 10.2 Å². The molecule has 0 bridgehead atoms. The Labute approximate surface area is 98.7 Å². The van der Waals surface area contributed by atoms with Gasteiger partial charge in [0, 0.05) is 0 Å². The number of aliphatic carboxylic acids is 1. The van der Waals surface area contributed by atoms with Gasteiger partial charge in [-0.3, -0.25) is 4.79 Å². The first-order chi connectivity index (χ1) is 5.61. The zero-order valence-corrected chi connectivity index (χ0v) is 9.65. The summed E-state index contributed by atoms with van der Waals surface area (Å²) in [7, 11) is 0. The summed E-state index contributed by atoms with van der Waals surface area (Å²) in [5.41, 5.74) is 0.551. The molecule has 1 atom stereocenters. The molecule has 13 heavy (non-hydrogen) atoms. The topological polar surface area (TPSA) is 60.4 Å². The number of benzene rings is 1. The van der Waals surface area contributed by atoms with Crippen molar-refractivity contribution < 1.29 is 44.6 Å². The Morgan fingerprint density at radius 2 is 2.15 bits per heavy atom. The predicted octanol–water partition coefficient (Wildman–Crippen LogP) is -2.05. The van der Waals surface area contributed by atoms with Crippen LogP contribution in [0.5, 0.6) is 5.75 Å². The van der Waals surface area contributed by atoms with E-state index in [-0.39, 0.29) is 35.3 Å².